The zero-order valence-corrected chi connectivity index (χ0v) is 16.9. The lowest BCUT2D eigenvalue weighted by molar-refractivity contribution is -0.117. The van der Waals surface area contributed by atoms with Crippen LogP contribution in [0.2, 0.25) is 5.02 Å². The molecule has 1 amide bonds. The molecule has 0 fully saturated rings. The summed E-state index contributed by atoms with van der Waals surface area (Å²) in [4.78, 5) is 12.4. The molecule has 2 aromatic rings. The Balaban J connectivity index is 2.16. The summed E-state index contributed by atoms with van der Waals surface area (Å²) in [6, 6.07) is 8.33. The quantitative estimate of drug-likeness (QED) is 0.729. The Hall–Kier alpha value is -2.29. The highest BCUT2D eigenvalue weighted by molar-refractivity contribution is 7.89. The average Bonchev–Trinajstić information content (AvgIpc) is 2.61. The summed E-state index contributed by atoms with van der Waals surface area (Å²) in [6.45, 7) is 3.31. The minimum absolute atomic E-state index is 0.0684. The number of carbonyl (C=O) groups is 1. The maximum atomic E-state index is 12.5. The van der Waals surface area contributed by atoms with Gasteiger partial charge in [0.1, 0.15) is 11.5 Å². The molecule has 0 aliphatic carbocycles. The van der Waals surface area contributed by atoms with Gasteiger partial charge in [0.25, 0.3) is 0 Å². The third-order valence-corrected chi connectivity index (χ3v) is 5.61. The van der Waals surface area contributed by atoms with Crippen molar-refractivity contribution in [1.82, 2.24) is 4.72 Å². The van der Waals surface area contributed by atoms with E-state index in [2.05, 4.69) is 10.0 Å². The molecule has 27 heavy (non-hydrogen) atoms. The maximum Gasteiger partial charge on any atom is 0.242 e. The van der Waals surface area contributed by atoms with Gasteiger partial charge in [-0.1, -0.05) is 17.7 Å². The largest absolute Gasteiger partial charge is 0.495 e. The fourth-order valence-corrected chi connectivity index (χ4v) is 3.88. The van der Waals surface area contributed by atoms with Gasteiger partial charge in [-0.2, -0.15) is 4.72 Å². The minimum atomic E-state index is -3.95. The van der Waals surface area contributed by atoms with Gasteiger partial charge in [0.05, 0.1) is 35.9 Å². The zero-order chi connectivity index (χ0) is 20.2. The SMILES string of the molecule is COc1ccc(S(=O)(=O)N[C@H](C)C(=O)Nc2cc(C)ccc2OC)cc1Cl. The van der Waals surface area contributed by atoms with Crippen LogP contribution in [-0.4, -0.2) is 34.6 Å². The molecular formula is C18H21ClN2O5S. The average molecular weight is 413 g/mol. The molecule has 0 saturated heterocycles. The molecule has 7 nitrogen and oxygen atoms in total. The summed E-state index contributed by atoms with van der Waals surface area (Å²) >= 11 is 5.98. The number of nitrogens with one attached hydrogen (secondary N) is 2. The lowest BCUT2D eigenvalue weighted by atomic mass is 10.2. The first-order chi connectivity index (χ1) is 12.7. The smallest absolute Gasteiger partial charge is 0.242 e. The first-order valence-corrected chi connectivity index (χ1v) is 9.85. The molecule has 0 heterocycles. The zero-order valence-electron chi connectivity index (χ0n) is 15.4. The van der Waals surface area contributed by atoms with Gasteiger partial charge in [0, 0.05) is 0 Å². The monoisotopic (exact) mass is 412 g/mol. The highest BCUT2D eigenvalue weighted by Gasteiger charge is 2.23. The van der Waals surface area contributed by atoms with E-state index in [9.17, 15) is 13.2 Å². The van der Waals surface area contributed by atoms with E-state index in [1.807, 2.05) is 13.0 Å². The van der Waals surface area contributed by atoms with Crippen LogP contribution in [0.15, 0.2) is 41.3 Å². The van der Waals surface area contributed by atoms with E-state index >= 15 is 0 Å². The van der Waals surface area contributed by atoms with Gasteiger partial charge >= 0.3 is 0 Å². The van der Waals surface area contributed by atoms with Crippen molar-refractivity contribution >= 4 is 33.2 Å². The number of methoxy groups -OCH3 is 2. The fourth-order valence-electron chi connectivity index (χ4n) is 2.33. The van der Waals surface area contributed by atoms with Crippen molar-refractivity contribution in [2.75, 3.05) is 19.5 Å². The van der Waals surface area contributed by atoms with Gasteiger partial charge in [-0.25, -0.2) is 8.42 Å². The highest BCUT2D eigenvalue weighted by atomic mass is 35.5. The molecule has 0 radical (unpaired) electrons. The number of halogens is 1. The Bertz CT molecular complexity index is 947. The fraction of sp³-hybridized carbons (Fsp3) is 0.278. The van der Waals surface area contributed by atoms with Gasteiger partial charge in [-0.3, -0.25) is 4.79 Å². The van der Waals surface area contributed by atoms with E-state index in [1.165, 1.54) is 39.3 Å². The Morgan fingerprint density at radius 1 is 1.07 bits per heavy atom. The van der Waals surface area contributed by atoms with Gasteiger partial charge in [-0.05, 0) is 49.7 Å². The number of ether oxygens (including phenoxy) is 2. The third kappa shape index (κ3) is 5.12. The van der Waals surface area contributed by atoms with E-state index in [1.54, 1.807) is 12.1 Å². The summed E-state index contributed by atoms with van der Waals surface area (Å²) in [6.07, 6.45) is 0. The predicted molar refractivity (Wildman–Crippen MR) is 104 cm³/mol. The van der Waals surface area contributed by atoms with E-state index in [-0.39, 0.29) is 9.92 Å². The summed E-state index contributed by atoms with van der Waals surface area (Å²) < 4.78 is 37.6. The van der Waals surface area contributed by atoms with Crippen LogP contribution in [0.3, 0.4) is 0 Å². The second-order valence-electron chi connectivity index (χ2n) is 5.83. The molecule has 0 unspecified atom stereocenters. The Labute approximate surface area is 163 Å². The molecule has 0 spiro atoms. The first kappa shape index (κ1) is 21.0. The van der Waals surface area contributed by atoms with Crippen LogP contribution in [0.25, 0.3) is 0 Å². The maximum absolute atomic E-state index is 12.5. The summed E-state index contributed by atoms with van der Waals surface area (Å²) in [7, 11) is -1.03. The van der Waals surface area contributed by atoms with Crippen molar-refractivity contribution in [2.45, 2.75) is 24.8 Å². The number of amides is 1. The van der Waals surface area contributed by atoms with Gasteiger partial charge in [-0.15, -0.1) is 0 Å². The molecule has 0 aromatic heterocycles. The van der Waals surface area contributed by atoms with Crippen LogP contribution < -0.4 is 19.5 Å². The number of carbonyl (C=O) groups excluding carboxylic acids is 1. The minimum Gasteiger partial charge on any atom is -0.495 e. The van der Waals surface area contributed by atoms with Crippen LogP contribution in [-0.2, 0) is 14.8 Å². The molecule has 146 valence electrons. The second-order valence-corrected chi connectivity index (χ2v) is 7.95. The van der Waals surface area contributed by atoms with Crippen molar-refractivity contribution in [1.29, 1.82) is 0 Å². The number of hydrogen-bond donors (Lipinski definition) is 2. The molecular weight excluding hydrogens is 392 g/mol. The number of benzene rings is 2. The molecule has 2 N–H and O–H groups in total. The van der Waals surface area contributed by atoms with E-state index in [4.69, 9.17) is 21.1 Å². The molecule has 0 bridgehead atoms. The van der Waals surface area contributed by atoms with Crippen LogP contribution in [0.1, 0.15) is 12.5 Å². The Morgan fingerprint density at radius 2 is 1.70 bits per heavy atom. The molecule has 0 aliphatic heterocycles. The molecule has 0 aliphatic rings. The van der Waals surface area contributed by atoms with Crippen LogP contribution in [0.5, 0.6) is 11.5 Å². The number of sulfonamides is 1. The molecule has 9 heteroatoms. The number of rotatable bonds is 7. The van der Waals surface area contributed by atoms with Crippen molar-refractivity contribution in [3.63, 3.8) is 0 Å². The Kier molecular flexibility index (Phi) is 6.69. The standard InChI is InChI=1S/C18H21ClN2O5S/c1-11-5-7-17(26-4)15(9-11)20-18(22)12(2)21-27(23,24)13-6-8-16(25-3)14(19)10-13/h5-10,12,21H,1-4H3,(H,20,22)/t12-/m1/s1. The highest BCUT2D eigenvalue weighted by Crippen LogP contribution is 2.27. The van der Waals surface area contributed by atoms with E-state index in [0.29, 0.717) is 17.2 Å². The van der Waals surface area contributed by atoms with Crippen molar-refractivity contribution in [2.24, 2.45) is 0 Å². The number of anilines is 1. The van der Waals surface area contributed by atoms with Crippen molar-refractivity contribution in [3.8, 4) is 11.5 Å². The van der Waals surface area contributed by atoms with Gasteiger partial charge in [0.2, 0.25) is 15.9 Å². The first-order valence-electron chi connectivity index (χ1n) is 7.99. The summed E-state index contributed by atoms with van der Waals surface area (Å²) in [5, 5.41) is 2.82. The van der Waals surface area contributed by atoms with Crippen LogP contribution in [0.4, 0.5) is 5.69 Å². The molecule has 0 saturated carbocycles. The molecule has 2 rings (SSSR count). The summed E-state index contributed by atoms with van der Waals surface area (Å²) in [5.41, 5.74) is 1.38. The normalized spacial score (nSPS) is 12.3. The molecule has 1 atom stereocenters. The van der Waals surface area contributed by atoms with Crippen molar-refractivity contribution in [3.05, 3.63) is 47.0 Å². The summed E-state index contributed by atoms with van der Waals surface area (Å²) in [5.74, 6) is 0.306. The second kappa shape index (κ2) is 8.60. The third-order valence-electron chi connectivity index (χ3n) is 3.77. The Morgan fingerprint density at radius 3 is 2.30 bits per heavy atom. The number of aryl methyl sites for hydroxylation is 1. The van der Waals surface area contributed by atoms with Gasteiger partial charge in [0.15, 0.2) is 0 Å². The molecule has 2 aromatic carbocycles. The lowest BCUT2D eigenvalue weighted by Gasteiger charge is -2.16. The van der Waals surface area contributed by atoms with E-state index in [0.717, 1.165) is 5.56 Å². The van der Waals surface area contributed by atoms with Crippen LogP contribution >= 0.6 is 11.6 Å². The van der Waals surface area contributed by atoms with E-state index < -0.39 is 22.0 Å². The van der Waals surface area contributed by atoms with Gasteiger partial charge < -0.3 is 14.8 Å². The number of hydrogen-bond acceptors (Lipinski definition) is 5. The topological polar surface area (TPSA) is 93.7 Å². The van der Waals surface area contributed by atoms with Crippen LogP contribution in [0, 0.1) is 6.92 Å². The predicted octanol–water partition coefficient (Wildman–Crippen LogP) is 2.97. The van der Waals surface area contributed by atoms with Crippen molar-refractivity contribution < 1.29 is 22.7 Å². The lowest BCUT2D eigenvalue weighted by Crippen LogP contribution is -2.41.